The molecule has 2 atom stereocenters. The first-order valence-corrected chi connectivity index (χ1v) is 19.6. The van der Waals surface area contributed by atoms with Gasteiger partial charge in [-0.3, -0.25) is 4.99 Å². The van der Waals surface area contributed by atoms with Gasteiger partial charge in [-0.15, -0.1) is 0 Å². The summed E-state index contributed by atoms with van der Waals surface area (Å²) in [5.41, 5.74) is 2.51. The van der Waals surface area contributed by atoms with E-state index in [1.165, 1.54) is 51.4 Å². The molecule has 0 bridgehead atoms. The van der Waals surface area contributed by atoms with Crippen molar-refractivity contribution in [1.29, 1.82) is 0 Å². The second-order valence-corrected chi connectivity index (χ2v) is 13.5. The van der Waals surface area contributed by atoms with Crippen LogP contribution in [0.3, 0.4) is 0 Å². The zero-order chi connectivity index (χ0) is 38.7. The van der Waals surface area contributed by atoms with Gasteiger partial charge in [-0.2, -0.15) is 0 Å². The number of hydrogen-bond donors (Lipinski definition) is 0. The largest absolute Gasteiger partial charge is 0.494 e. The molecule has 1 heterocycles. The van der Waals surface area contributed by atoms with Crippen LogP contribution >= 0.6 is 0 Å². The Morgan fingerprint density at radius 1 is 0.655 bits per heavy atom. The van der Waals surface area contributed by atoms with Crippen LogP contribution in [0.25, 0.3) is 0 Å². The van der Waals surface area contributed by atoms with Gasteiger partial charge in [0.2, 0.25) is 0 Å². The molecule has 55 heavy (non-hydrogen) atoms. The van der Waals surface area contributed by atoms with Crippen molar-refractivity contribution in [2.75, 3.05) is 19.8 Å². The van der Waals surface area contributed by atoms with Gasteiger partial charge in [-0.1, -0.05) is 87.8 Å². The van der Waals surface area contributed by atoms with Crippen molar-refractivity contribution in [2.24, 2.45) is 10.9 Å². The van der Waals surface area contributed by atoms with E-state index in [1.807, 2.05) is 0 Å². The fourth-order valence-electron chi connectivity index (χ4n) is 6.33. The molecular formula is C45H53NO9. The Kier molecular flexibility index (Phi) is 16.7. The highest BCUT2D eigenvalue weighted by molar-refractivity contribution is 5.91. The molecule has 10 heteroatoms. The molecular weight excluding hydrogens is 698 g/mol. The van der Waals surface area contributed by atoms with Crippen molar-refractivity contribution in [1.82, 2.24) is 0 Å². The monoisotopic (exact) mass is 751 g/mol. The summed E-state index contributed by atoms with van der Waals surface area (Å²) in [5, 5.41) is 0. The smallest absolute Gasteiger partial charge is 0.343 e. The Balaban J connectivity index is 0.972. The summed E-state index contributed by atoms with van der Waals surface area (Å²) < 4.78 is 33.1. The molecule has 1 aliphatic heterocycles. The Morgan fingerprint density at radius 2 is 1.20 bits per heavy atom. The number of allylic oxidation sites excluding steroid dienone is 4. The number of rotatable bonds is 22. The first-order valence-electron chi connectivity index (χ1n) is 19.6. The number of carbonyl (C=O) groups excluding carboxylic acids is 3. The molecule has 2 aliphatic rings. The SMILES string of the molecule is CCOC(=O)[C@@H]1OC(c2ccc(N=Cc3ccc(OC(=O)c4ccc(OCCCCCCCCCCCC5C=CC=C5)cc4)cc3)cc2)O[C@H]1C(=O)OCC. The topological polar surface area (TPSA) is 119 Å². The van der Waals surface area contributed by atoms with E-state index in [4.69, 9.17) is 28.4 Å². The maximum Gasteiger partial charge on any atom is 0.343 e. The molecule has 0 N–H and O–H groups in total. The van der Waals surface area contributed by atoms with Crippen molar-refractivity contribution >= 4 is 29.8 Å². The second kappa shape index (κ2) is 22.4. The fraction of sp³-hybridized carbons (Fsp3) is 0.422. The third-order valence-corrected chi connectivity index (χ3v) is 9.34. The molecule has 0 radical (unpaired) electrons. The van der Waals surface area contributed by atoms with Gasteiger partial charge in [-0.05, 0) is 98.8 Å². The third-order valence-electron chi connectivity index (χ3n) is 9.34. The van der Waals surface area contributed by atoms with Gasteiger partial charge >= 0.3 is 17.9 Å². The Morgan fingerprint density at radius 3 is 1.78 bits per heavy atom. The summed E-state index contributed by atoms with van der Waals surface area (Å²) in [6.07, 6.45) is 19.8. The van der Waals surface area contributed by atoms with Gasteiger partial charge in [0.05, 0.1) is 31.1 Å². The van der Waals surface area contributed by atoms with Gasteiger partial charge in [0.1, 0.15) is 11.5 Å². The van der Waals surface area contributed by atoms with Crippen molar-refractivity contribution in [3.8, 4) is 11.5 Å². The fourth-order valence-corrected chi connectivity index (χ4v) is 6.33. The molecule has 1 aliphatic carbocycles. The lowest BCUT2D eigenvalue weighted by Gasteiger charge is -2.13. The van der Waals surface area contributed by atoms with Gasteiger partial charge in [-0.25, -0.2) is 14.4 Å². The van der Waals surface area contributed by atoms with Crippen LogP contribution in [-0.4, -0.2) is 56.2 Å². The zero-order valence-corrected chi connectivity index (χ0v) is 31.9. The third kappa shape index (κ3) is 13.3. The van der Waals surface area contributed by atoms with Gasteiger partial charge in [0, 0.05) is 11.8 Å². The quantitative estimate of drug-likeness (QED) is 0.0428. The molecule has 10 nitrogen and oxygen atoms in total. The normalized spacial score (nSPS) is 16.8. The van der Waals surface area contributed by atoms with Crippen LogP contribution in [0.15, 0.2) is 102 Å². The summed E-state index contributed by atoms with van der Waals surface area (Å²) in [6, 6.07) is 21.1. The molecule has 292 valence electrons. The van der Waals surface area contributed by atoms with Gasteiger partial charge in [0.15, 0.2) is 18.5 Å². The molecule has 3 aromatic carbocycles. The molecule has 5 rings (SSSR count). The maximum absolute atomic E-state index is 12.8. The Labute approximate surface area is 324 Å². The molecule has 0 amide bonds. The van der Waals surface area contributed by atoms with Crippen LogP contribution in [0.2, 0.25) is 0 Å². The zero-order valence-electron chi connectivity index (χ0n) is 31.9. The first kappa shape index (κ1) is 41.1. The molecule has 1 fully saturated rings. The second-order valence-electron chi connectivity index (χ2n) is 13.5. The highest BCUT2D eigenvalue weighted by Crippen LogP contribution is 2.33. The highest BCUT2D eigenvalue weighted by Gasteiger charge is 2.47. The summed E-state index contributed by atoms with van der Waals surface area (Å²) >= 11 is 0. The van der Waals surface area contributed by atoms with E-state index >= 15 is 0 Å². The Bertz CT molecular complexity index is 1690. The van der Waals surface area contributed by atoms with Crippen LogP contribution in [-0.2, 0) is 28.5 Å². The van der Waals surface area contributed by atoms with E-state index < -0.39 is 36.4 Å². The number of aliphatic imine (C=N–C) groups is 1. The minimum absolute atomic E-state index is 0.142. The van der Waals surface area contributed by atoms with Gasteiger partial charge in [0.25, 0.3) is 0 Å². The summed E-state index contributed by atoms with van der Waals surface area (Å²) in [4.78, 5) is 42.0. The summed E-state index contributed by atoms with van der Waals surface area (Å²) in [7, 11) is 0. The first-order chi connectivity index (χ1) is 26.9. The average molecular weight is 752 g/mol. The number of esters is 3. The number of nitrogens with zero attached hydrogens (tertiary/aromatic N) is 1. The molecule has 0 unspecified atom stereocenters. The predicted octanol–water partition coefficient (Wildman–Crippen LogP) is 9.59. The van der Waals surface area contributed by atoms with E-state index in [2.05, 4.69) is 29.3 Å². The highest BCUT2D eigenvalue weighted by atomic mass is 16.8. The van der Waals surface area contributed by atoms with Crippen molar-refractivity contribution < 1.29 is 42.8 Å². The molecule has 3 aromatic rings. The minimum atomic E-state index is -1.23. The minimum Gasteiger partial charge on any atom is -0.494 e. The van der Waals surface area contributed by atoms with E-state index in [9.17, 15) is 14.4 Å². The summed E-state index contributed by atoms with van der Waals surface area (Å²) in [6.45, 7) is 4.29. The van der Waals surface area contributed by atoms with E-state index in [-0.39, 0.29) is 13.2 Å². The standard InChI is InChI=1S/C45H53NO9/c1-3-50-43(48)40-41(44(49)51-4-2)55-45(54-40)36-21-25-37(26-22-36)46-32-34-19-27-39(28-20-34)53-42(47)35-23-29-38(30-24-35)52-31-15-11-9-7-5-6-8-10-12-16-33-17-13-14-18-33/h13-14,17-30,32-33,40-41,45H,3-12,15-16,31H2,1-2H3/t40-,41-/m1/s1. The number of ether oxygens (including phenoxy) is 6. The van der Waals surface area contributed by atoms with Crippen LogP contribution in [0.4, 0.5) is 5.69 Å². The van der Waals surface area contributed by atoms with E-state index in [1.54, 1.807) is 92.9 Å². The lowest BCUT2D eigenvalue weighted by molar-refractivity contribution is -0.163. The summed E-state index contributed by atoms with van der Waals surface area (Å²) in [5.74, 6) is 0.00575. The lowest BCUT2D eigenvalue weighted by atomic mass is 10.0. The molecule has 0 spiro atoms. The molecule has 0 saturated carbocycles. The lowest BCUT2D eigenvalue weighted by Crippen LogP contribution is -2.39. The predicted molar refractivity (Wildman–Crippen MR) is 211 cm³/mol. The van der Waals surface area contributed by atoms with E-state index in [0.717, 1.165) is 24.2 Å². The van der Waals surface area contributed by atoms with Crippen molar-refractivity contribution in [3.05, 3.63) is 114 Å². The Hall–Kier alpha value is -5.06. The van der Waals surface area contributed by atoms with Crippen LogP contribution in [0.5, 0.6) is 11.5 Å². The number of benzene rings is 3. The maximum atomic E-state index is 12.8. The van der Waals surface area contributed by atoms with Crippen molar-refractivity contribution in [3.63, 3.8) is 0 Å². The van der Waals surface area contributed by atoms with Crippen LogP contribution in [0.1, 0.15) is 106 Å². The van der Waals surface area contributed by atoms with Crippen LogP contribution in [0, 0.1) is 5.92 Å². The van der Waals surface area contributed by atoms with Crippen LogP contribution < -0.4 is 9.47 Å². The van der Waals surface area contributed by atoms with Gasteiger partial charge < -0.3 is 28.4 Å². The molecule has 1 saturated heterocycles. The number of unbranched alkanes of at least 4 members (excludes halogenated alkanes) is 8. The van der Waals surface area contributed by atoms with Crippen molar-refractivity contribution in [2.45, 2.75) is 96.6 Å². The van der Waals surface area contributed by atoms with E-state index in [0.29, 0.717) is 35.1 Å². The average Bonchev–Trinajstić information content (AvgIpc) is 3.90. The molecule has 0 aromatic heterocycles. The number of hydrogen-bond acceptors (Lipinski definition) is 10. The number of carbonyl (C=O) groups is 3.